The molecule has 1 saturated heterocycles. The van der Waals surface area contributed by atoms with E-state index in [2.05, 4.69) is 42.8 Å². The van der Waals surface area contributed by atoms with Crippen molar-refractivity contribution in [1.82, 2.24) is 24.8 Å². The number of ether oxygens (including phenoxy) is 2. The number of nitrogens with one attached hydrogen (secondary N) is 3. The smallest absolute Gasteiger partial charge is 0.414 e. The van der Waals surface area contributed by atoms with E-state index >= 15 is 0 Å². The number of methoxy groups -OCH3 is 1. The van der Waals surface area contributed by atoms with E-state index < -0.39 is 18.1 Å². The van der Waals surface area contributed by atoms with E-state index in [-0.39, 0.29) is 12.4 Å². The predicted molar refractivity (Wildman–Crippen MR) is 169 cm³/mol. The van der Waals surface area contributed by atoms with Gasteiger partial charge in [0.25, 0.3) is 0 Å². The summed E-state index contributed by atoms with van der Waals surface area (Å²) in [6.45, 7) is 2.35. The van der Waals surface area contributed by atoms with Crippen molar-refractivity contribution in [3.8, 4) is 11.5 Å². The Morgan fingerprint density at radius 2 is 1.57 bits per heavy atom. The molecule has 2 aromatic carbocycles. The first kappa shape index (κ1) is 32.3. The molecule has 13 heteroatoms. The zero-order valence-corrected chi connectivity index (χ0v) is 25.7. The van der Waals surface area contributed by atoms with Crippen LogP contribution in [0.25, 0.3) is 0 Å². The average Bonchev–Trinajstić information content (AvgIpc) is 3.42. The van der Waals surface area contributed by atoms with Gasteiger partial charge in [-0.1, -0.05) is 24.3 Å². The molecule has 13 nitrogen and oxygen atoms in total. The highest BCUT2D eigenvalue weighted by atomic mass is 16.6. The summed E-state index contributed by atoms with van der Waals surface area (Å²) >= 11 is 0. The highest BCUT2D eigenvalue weighted by Crippen LogP contribution is 2.19. The number of rotatable bonds is 15. The molecule has 0 bridgehead atoms. The van der Waals surface area contributed by atoms with Crippen LogP contribution in [0.5, 0.6) is 11.5 Å². The fraction of sp³-hybridized carbons (Fsp3) is 0.452. The van der Waals surface area contributed by atoms with E-state index in [1.807, 2.05) is 24.3 Å². The molecule has 1 unspecified atom stereocenters. The zero-order valence-electron chi connectivity index (χ0n) is 25.7. The van der Waals surface area contributed by atoms with Crippen molar-refractivity contribution >= 4 is 29.9 Å². The van der Waals surface area contributed by atoms with Crippen molar-refractivity contribution in [3.63, 3.8) is 0 Å². The van der Waals surface area contributed by atoms with Gasteiger partial charge in [0.1, 0.15) is 17.5 Å². The number of likely N-dealkylation sites (tertiary alicyclic amines) is 1. The van der Waals surface area contributed by atoms with Gasteiger partial charge in [-0.15, -0.1) is 0 Å². The molecule has 1 aliphatic heterocycles. The van der Waals surface area contributed by atoms with Crippen molar-refractivity contribution in [2.45, 2.75) is 44.2 Å². The van der Waals surface area contributed by atoms with Crippen LogP contribution >= 0.6 is 0 Å². The van der Waals surface area contributed by atoms with Crippen LogP contribution in [0.2, 0.25) is 0 Å². The standard InChI is InChI=1S/C31H42N8O5/c1-38(2)31(42)44-25-13-9-22(10-14-25)20-26(27(40)41)34-30-36-28(32-17-15-21-7-11-24(43-4)12-8-21)35-29(37-30)33-18-16-23-6-5-19-39(23)3/h7-14,23,26H,5-6,15-20H2,1-4H3,(H,40,41)(H3,32,33,34,35,36,37)/t23?,26-/m0/s1. The van der Waals surface area contributed by atoms with Crippen LogP contribution in [0.15, 0.2) is 48.5 Å². The second kappa shape index (κ2) is 15.7. The molecule has 4 rings (SSSR count). The molecule has 3 aromatic rings. The van der Waals surface area contributed by atoms with Crippen LogP contribution in [-0.4, -0.2) is 102 Å². The summed E-state index contributed by atoms with van der Waals surface area (Å²) in [5, 5.41) is 19.5. The average molecular weight is 607 g/mol. The third-order valence-electron chi connectivity index (χ3n) is 7.46. The van der Waals surface area contributed by atoms with E-state index in [1.54, 1.807) is 45.5 Å². The molecule has 2 atom stereocenters. The molecule has 1 aliphatic rings. The fourth-order valence-electron chi connectivity index (χ4n) is 4.88. The van der Waals surface area contributed by atoms with Gasteiger partial charge in [-0.2, -0.15) is 15.0 Å². The van der Waals surface area contributed by atoms with E-state index in [4.69, 9.17) is 9.47 Å². The molecular formula is C31H42N8O5. The highest BCUT2D eigenvalue weighted by Gasteiger charge is 2.22. The molecule has 0 aliphatic carbocycles. The molecule has 0 spiro atoms. The van der Waals surface area contributed by atoms with Crippen LogP contribution in [0, 0.1) is 0 Å². The van der Waals surface area contributed by atoms with Gasteiger partial charge in [-0.3, -0.25) is 0 Å². The van der Waals surface area contributed by atoms with Crippen LogP contribution < -0.4 is 25.4 Å². The number of carbonyl (C=O) groups excluding carboxylic acids is 1. The molecule has 4 N–H and O–H groups in total. The summed E-state index contributed by atoms with van der Waals surface area (Å²) in [5.74, 6) is 0.970. The fourth-order valence-corrected chi connectivity index (χ4v) is 4.88. The molecule has 1 aromatic heterocycles. The Labute approximate surface area is 258 Å². The van der Waals surface area contributed by atoms with Gasteiger partial charge >= 0.3 is 12.1 Å². The topological polar surface area (TPSA) is 154 Å². The number of nitrogens with zero attached hydrogens (tertiary/aromatic N) is 5. The number of carboxylic acid groups (broad SMARTS) is 1. The molecule has 2 heterocycles. The first-order valence-electron chi connectivity index (χ1n) is 14.7. The van der Waals surface area contributed by atoms with E-state index in [1.165, 1.54) is 17.7 Å². The van der Waals surface area contributed by atoms with Gasteiger partial charge in [-0.05, 0) is 74.7 Å². The Hall–Kier alpha value is -4.65. The number of carbonyl (C=O) groups is 2. The molecule has 0 saturated carbocycles. The maximum Gasteiger partial charge on any atom is 0.414 e. The number of anilines is 3. The molecule has 1 amide bonds. The first-order chi connectivity index (χ1) is 21.2. The minimum Gasteiger partial charge on any atom is -0.497 e. The Kier molecular flexibility index (Phi) is 11.5. The summed E-state index contributed by atoms with van der Waals surface area (Å²) < 4.78 is 10.5. The van der Waals surface area contributed by atoms with E-state index in [9.17, 15) is 14.7 Å². The van der Waals surface area contributed by atoms with Crippen molar-refractivity contribution in [3.05, 3.63) is 59.7 Å². The van der Waals surface area contributed by atoms with E-state index in [0.717, 1.165) is 36.3 Å². The highest BCUT2D eigenvalue weighted by molar-refractivity contribution is 5.77. The molecular weight excluding hydrogens is 564 g/mol. The first-order valence-corrected chi connectivity index (χ1v) is 14.7. The number of aliphatic carboxylic acids is 1. The lowest BCUT2D eigenvalue weighted by Crippen LogP contribution is -2.32. The number of benzene rings is 2. The number of amides is 1. The van der Waals surface area contributed by atoms with Gasteiger partial charge < -0.3 is 40.3 Å². The van der Waals surface area contributed by atoms with Crippen LogP contribution in [0.1, 0.15) is 30.4 Å². The maximum absolute atomic E-state index is 12.2. The van der Waals surface area contributed by atoms with Crippen molar-refractivity contribution in [2.24, 2.45) is 0 Å². The quantitative estimate of drug-likeness (QED) is 0.200. The Balaban J connectivity index is 1.44. The second-order valence-electron chi connectivity index (χ2n) is 11.0. The Bertz CT molecular complexity index is 1370. The summed E-state index contributed by atoms with van der Waals surface area (Å²) in [5.41, 5.74) is 1.86. The van der Waals surface area contributed by atoms with Crippen molar-refractivity contribution < 1.29 is 24.2 Å². The lowest BCUT2D eigenvalue weighted by atomic mass is 10.1. The van der Waals surface area contributed by atoms with Gasteiger partial charge in [-0.25, -0.2) is 9.59 Å². The van der Waals surface area contributed by atoms with Crippen LogP contribution in [0.4, 0.5) is 22.6 Å². The van der Waals surface area contributed by atoms with Gasteiger partial charge in [0.15, 0.2) is 0 Å². The predicted octanol–water partition coefficient (Wildman–Crippen LogP) is 3.60. The molecule has 236 valence electrons. The zero-order chi connectivity index (χ0) is 31.5. The summed E-state index contributed by atoms with van der Waals surface area (Å²) in [7, 11) is 6.97. The van der Waals surface area contributed by atoms with Crippen molar-refractivity contribution in [1.29, 1.82) is 0 Å². The Morgan fingerprint density at radius 1 is 0.955 bits per heavy atom. The SMILES string of the molecule is COc1ccc(CCNc2nc(NCCC3CCCN3C)nc(N[C@@H](Cc3ccc(OC(=O)N(C)C)cc3)C(=O)O)n2)cc1. The summed E-state index contributed by atoms with van der Waals surface area (Å²) in [4.78, 5) is 41.3. The van der Waals surface area contributed by atoms with Crippen molar-refractivity contribution in [2.75, 3.05) is 63.8 Å². The van der Waals surface area contributed by atoms with Gasteiger partial charge in [0.05, 0.1) is 7.11 Å². The number of hydrogen-bond acceptors (Lipinski definition) is 11. The third kappa shape index (κ3) is 9.69. The number of hydrogen-bond donors (Lipinski definition) is 4. The number of aromatic nitrogens is 3. The normalized spacial score (nSPS) is 15.3. The summed E-state index contributed by atoms with van der Waals surface area (Å²) in [6.07, 6.45) is 3.70. The molecule has 1 fully saturated rings. The molecule has 44 heavy (non-hydrogen) atoms. The summed E-state index contributed by atoms with van der Waals surface area (Å²) in [6, 6.07) is 14.1. The van der Waals surface area contributed by atoms with Crippen LogP contribution in [-0.2, 0) is 17.6 Å². The Morgan fingerprint density at radius 3 is 2.16 bits per heavy atom. The number of carboxylic acids is 1. The van der Waals surface area contributed by atoms with Gasteiger partial charge in [0, 0.05) is 39.6 Å². The monoisotopic (exact) mass is 606 g/mol. The third-order valence-corrected chi connectivity index (χ3v) is 7.46. The minimum absolute atomic E-state index is 0.149. The lowest BCUT2D eigenvalue weighted by molar-refractivity contribution is -0.137. The molecule has 0 radical (unpaired) electrons. The maximum atomic E-state index is 12.2. The second-order valence-corrected chi connectivity index (χ2v) is 11.0. The largest absolute Gasteiger partial charge is 0.497 e. The van der Waals surface area contributed by atoms with Crippen LogP contribution in [0.3, 0.4) is 0 Å². The lowest BCUT2D eigenvalue weighted by Gasteiger charge is -2.19. The van der Waals surface area contributed by atoms with Gasteiger partial charge in [0.2, 0.25) is 17.8 Å². The minimum atomic E-state index is -1.05. The van der Waals surface area contributed by atoms with E-state index in [0.29, 0.717) is 36.8 Å².